The van der Waals surface area contributed by atoms with Gasteiger partial charge < -0.3 is 4.42 Å². The molecule has 0 fully saturated rings. The van der Waals surface area contributed by atoms with E-state index in [1.807, 2.05) is 12.3 Å². The number of benzene rings is 2. The Labute approximate surface area is 95.8 Å². The number of hydrogen-bond acceptors (Lipinski definition) is 1. The number of furan rings is 1. The fraction of sp³-hybridized carbons (Fsp3) is 0.0769. The lowest BCUT2D eigenvalue weighted by Crippen LogP contribution is -1.75. The maximum Gasteiger partial charge on any atom is 0.134 e. The molecule has 1 nitrogen and oxygen atoms in total. The first kappa shape index (κ1) is 8.98. The molecule has 1 aromatic heterocycles. The molecule has 3 rings (SSSR count). The molecule has 0 unspecified atom stereocenters. The highest BCUT2D eigenvalue weighted by molar-refractivity contribution is 9.10. The zero-order chi connectivity index (χ0) is 10.4. The molecule has 2 heteroatoms. The van der Waals surface area contributed by atoms with Crippen LogP contribution in [0.3, 0.4) is 0 Å². The molecule has 0 saturated carbocycles. The molecule has 0 aliphatic carbocycles. The summed E-state index contributed by atoms with van der Waals surface area (Å²) in [5, 5.41) is 3.71. The van der Waals surface area contributed by atoms with Gasteiger partial charge in [0.05, 0.1) is 6.26 Å². The van der Waals surface area contributed by atoms with Gasteiger partial charge in [0.25, 0.3) is 0 Å². The van der Waals surface area contributed by atoms with Crippen LogP contribution in [-0.4, -0.2) is 0 Å². The molecule has 0 saturated heterocycles. The molecule has 2 aromatic carbocycles. The Morgan fingerprint density at radius 2 is 2.00 bits per heavy atom. The Kier molecular flexibility index (Phi) is 1.86. The van der Waals surface area contributed by atoms with Gasteiger partial charge in [0, 0.05) is 9.86 Å². The second kappa shape index (κ2) is 3.11. The molecule has 0 radical (unpaired) electrons. The first-order valence-electron chi connectivity index (χ1n) is 4.82. The Bertz CT molecular complexity index is 652. The van der Waals surface area contributed by atoms with E-state index in [2.05, 4.69) is 47.1 Å². The average molecular weight is 261 g/mol. The monoisotopic (exact) mass is 260 g/mol. The molecule has 3 aromatic rings. The van der Waals surface area contributed by atoms with E-state index >= 15 is 0 Å². The van der Waals surface area contributed by atoms with E-state index in [1.165, 1.54) is 21.7 Å². The van der Waals surface area contributed by atoms with Crippen molar-refractivity contribution in [3.8, 4) is 0 Å². The summed E-state index contributed by atoms with van der Waals surface area (Å²) in [6, 6.07) is 10.4. The smallest absolute Gasteiger partial charge is 0.134 e. The average Bonchev–Trinajstić information content (AvgIpc) is 2.60. The summed E-state index contributed by atoms with van der Waals surface area (Å²) in [7, 11) is 0. The van der Waals surface area contributed by atoms with Crippen LogP contribution in [0.15, 0.2) is 45.5 Å². The summed E-state index contributed by atoms with van der Waals surface area (Å²) in [4.78, 5) is 0. The van der Waals surface area contributed by atoms with Crippen molar-refractivity contribution in [3.05, 3.63) is 46.6 Å². The Hall–Kier alpha value is -1.28. The van der Waals surface area contributed by atoms with E-state index in [-0.39, 0.29) is 0 Å². The lowest BCUT2D eigenvalue weighted by molar-refractivity contribution is 0.613. The summed E-state index contributed by atoms with van der Waals surface area (Å²) >= 11 is 3.48. The van der Waals surface area contributed by atoms with Gasteiger partial charge in [0.1, 0.15) is 5.58 Å². The maximum absolute atomic E-state index is 5.48. The summed E-state index contributed by atoms with van der Waals surface area (Å²) in [5.41, 5.74) is 2.15. The number of aryl methyl sites for hydroxylation is 1. The number of halogens is 1. The van der Waals surface area contributed by atoms with Crippen LogP contribution in [0.25, 0.3) is 21.7 Å². The second-order valence-corrected chi connectivity index (χ2v) is 4.64. The van der Waals surface area contributed by atoms with Crippen LogP contribution in [-0.2, 0) is 0 Å². The van der Waals surface area contributed by atoms with E-state index < -0.39 is 0 Å². The third-order valence-corrected chi connectivity index (χ3v) is 3.19. The van der Waals surface area contributed by atoms with Gasteiger partial charge in [-0.3, -0.25) is 0 Å². The van der Waals surface area contributed by atoms with Gasteiger partial charge in [-0.05, 0) is 41.5 Å². The van der Waals surface area contributed by atoms with Crippen molar-refractivity contribution in [2.75, 3.05) is 0 Å². The number of hydrogen-bond donors (Lipinski definition) is 0. The predicted octanol–water partition coefficient (Wildman–Crippen LogP) is 4.66. The van der Waals surface area contributed by atoms with E-state index in [0.29, 0.717) is 0 Å². The SMILES string of the molecule is Cc1coc2ccc3cc(Br)ccc3c12. The quantitative estimate of drug-likeness (QED) is 0.573. The van der Waals surface area contributed by atoms with Crippen LogP contribution in [0.4, 0.5) is 0 Å². The van der Waals surface area contributed by atoms with Gasteiger partial charge in [0.2, 0.25) is 0 Å². The first-order chi connectivity index (χ1) is 7.25. The Morgan fingerprint density at radius 1 is 1.13 bits per heavy atom. The predicted molar refractivity (Wildman–Crippen MR) is 66.2 cm³/mol. The first-order valence-corrected chi connectivity index (χ1v) is 5.61. The van der Waals surface area contributed by atoms with Crippen molar-refractivity contribution in [3.63, 3.8) is 0 Å². The standard InChI is InChI=1S/C13H9BrO/c1-8-7-15-12-5-2-9-6-10(14)3-4-11(9)13(8)12/h2-7H,1H3. The Balaban J connectivity index is 2.58. The van der Waals surface area contributed by atoms with Crippen molar-refractivity contribution in [1.82, 2.24) is 0 Å². The van der Waals surface area contributed by atoms with E-state index in [4.69, 9.17) is 4.42 Å². The van der Waals surface area contributed by atoms with Gasteiger partial charge in [0.15, 0.2) is 0 Å². The normalized spacial score (nSPS) is 11.3. The molecule has 0 bridgehead atoms. The molecule has 0 aliphatic rings. The van der Waals surface area contributed by atoms with Crippen LogP contribution < -0.4 is 0 Å². The third kappa shape index (κ3) is 1.29. The van der Waals surface area contributed by atoms with Crippen molar-refractivity contribution in [2.45, 2.75) is 6.92 Å². The summed E-state index contributed by atoms with van der Waals surface area (Å²) in [6.07, 6.45) is 1.81. The van der Waals surface area contributed by atoms with E-state index in [1.54, 1.807) is 0 Å². The van der Waals surface area contributed by atoms with Crippen LogP contribution in [0.5, 0.6) is 0 Å². The number of rotatable bonds is 0. The highest BCUT2D eigenvalue weighted by Gasteiger charge is 2.06. The molecule has 0 spiro atoms. The second-order valence-electron chi connectivity index (χ2n) is 3.72. The van der Waals surface area contributed by atoms with Crippen molar-refractivity contribution in [2.24, 2.45) is 0 Å². The van der Waals surface area contributed by atoms with Gasteiger partial charge in [-0.2, -0.15) is 0 Å². The highest BCUT2D eigenvalue weighted by Crippen LogP contribution is 2.30. The number of fused-ring (bicyclic) bond motifs is 3. The van der Waals surface area contributed by atoms with E-state index in [0.717, 1.165) is 10.1 Å². The zero-order valence-corrected chi connectivity index (χ0v) is 9.84. The largest absolute Gasteiger partial charge is 0.464 e. The summed E-state index contributed by atoms with van der Waals surface area (Å²) in [5.74, 6) is 0. The topological polar surface area (TPSA) is 13.1 Å². The van der Waals surface area contributed by atoms with Crippen LogP contribution in [0, 0.1) is 6.92 Å². The zero-order valence-electron chi connectivity index (χ0n) is 8.25. The van der Waals surface area contributed by atoms with Crippen molar-refractivity contribution < 1.29 is 4.42 Å². The lowest BCUT2D eigenvalue weighted by Gasteiger charge is -2.00. The fourth-order valence-corrected chi connectivity index (χ4v) is 2.38. The van der Waals surface area contributed by atoms with Crippen LogP contribution in [0.1, 0.15) is 5.56 Å². The fourth-order valence-electron chi connectivity index (χ4n) is 2.00. The summed E-state index contributed by atoms with van der Waals surface area (Å²) < 4.78 is 6.58. The van der Waals surface area contributed by atoms with Gasteiger partial charge in [-0.1, -0.05) is 28.1 Å². The van der Waals surface area contributed by atoms with E-state index in [9.17, 15) is 0 Å². The third-order valence-electron chi connectivity index (χ3n) is 2.70. The van der Waals surface area contributed by atoms with Gasteiger partial charge in [-0.15, -0.1) is 0 Å². The lowest BCUT2D eigenvalue weighted by atomic mass is 10.0. The van der Waals surface area contributed by atoms with Gasteiger partial charge in [-0.25, -0.2) is 0 Å². The molecule has 15 heavy (non-hydrogen) atoms. The highest BCUT2D eigenvalue weighted by atomic mass is 79.9. The molecule has 74 valence electrons. The van der Waals surface area contributed by atoms with Crippen molar-refractivity contribution >= 4 is 37.7 Å². The molecule has 0 amide bonds. The molecule has 0 aliphatic heterocycles. The van der Waals surface area contributed by atoms with Crippen molar-refractivity contribution in [1.29, 1.82) is 0 Å². The molecule has 1 heterocycles. The minimum absolute atomic E-state index is 0.960. The van der Waals surface area contributed by atoms with Crippen LogP contribution >= 0.6 is 15.9 Å². The maximum atomic E-state index is 5.48. The molecule has 0 N–H and O–H groups in total. The molecular weight excluding hydrogens is 252 g/mol. The van der Waals surface area contributed by atoms with Crippen LogP contribution in [0.2, 0.25) is 0 Å². The summed E-state index contributed by atoms with van der Waals surface area (Å²) in [6.45, 7) is 2.08. The minimum atomic E-state index is 0.960. The minimum Gasteiger partial charge on any atom is -0.464 e. The molecule has 0 atom stereocenters. The Morgan fingerprint density at radius 3 is 2.87 bits per heavy atom. The van der Waals surface area contributed by atoms with Gasteiger partial charge >= 0.3 is 0 Å². The molecular formula is C13H9BrO.